The third-order valence-corrected chi connectivity index (χ3v) is 2.72. The van der Waals surface area contributed by atoms with Crippen LogP contribution in [0.4, 0.5) is 17.6 Å². The largest absolute Gasteiger partial charge is 0.444 e. The lowest BCUT2D eigenvalue weighted by Gasteiger charge is -2.07. The Morgan fingerprint density at radius 1 is 1.30 bits per heavy atom. The van der Waals surface area contributed by atoms with Gasteiger partial charge in [0.15, 0.2) is 0 Å². The highest BCUT2D eigenvalue weighted by atomic mass is 19.4. The molecule has 108 valence electrons. The second kappa shape index (κ2) is 5.24. The van der Waals surface area contributed by atoms with Crippen LogP contribution in [0, 0.1) is 5.82 Å². The molecule has 2 rings (SSSR count). The topological polar surface area (TPSA) is 46.3 Å². The van der Waals surface area contributed by atoms with Crippen molar-refractivity contribution >= 4 is 0 Å². The number of oxazole rings is 1. The first-order valence-electron chi connectivity index (χ1n) is 5.83. The number of aliphatic hydroxyl groups excluding tert-OH is 1. The first-order chi connectivity index (χ1) is 9.31. The Morgan fingerprint density at radius 2 is 2.00 bits per heavy atom. The van der Waals surface area contributed by atoms with Gasteiger partial charge in [-0.15, -0.1) is 0 Å². The molecular formula is C13H11F4NO2. The molecule has 1 atom stereocenters. The molecule has 0 saturated heterocycles. The number of aromatic nitrogens is 1. The molecule has 20 heavy (non-hydrogen) atoms. The van der Waals surface area contributed by atoms with Gasteiger partial charge in [-0.2, -0.15) is 13.2 Å². The van der Waals surface area contributed by atoms with Gasteiger partial charge in [0.05, 0.1) is 11.7 Å². The zero-order valence-electron chi connectivity index (χ0n) is 10.4. The number of nitrogens with zero attached hydrogens (tertiary/aromatic N) is 1. The number of benzene rings is 1. The van der Waals surface area contributed by atoms with Crippen LogP contribution in [0.5, 0.6) is 0 Å². The average molecular weight is 289 g/mol. The summed E-state index contributed by atoms with van der Waals surface area (Å²) in [6.07, 6.45) is -4.01. The Balaban J connectivity index is 2.42. The van der Waals surface area contributed by atoms with Crippen molar-refractivity contribution in [3.8, 4) is 11.5 Å². The summed E-state index contributed by atoms with van der Waals surface area (Å²) in [6.45, 7) is 1.71. The normalized spacial score (nSPS) is 13.5. The molecule has 0 bridgehead atoms. The van der Waals surface area contributed by atoms with Crippen LogP contribution in [0.2, 0.25) is 0 Å². The smallest absolute Gasteiger partial charge is 0.416 e. The lowest BCUT2D eigenvalue weighted by molar-refractivity contribution is -0.137. The average Bonchev–Trinajstić information content (AvgIpc) is 2.85. The Kier molecular flexibility index (Phi) is 3.80. The van der Waals surface area contributed by atoms with Gasteiger partial charge >= 0.3 is 6.18 Å². The van der Waals surface area contributed by atoms with E-state index < -0.39 is 23.7 Å². The Hall–Kier alpha value is -1.89. The maximum Gasteiger partial charge on any atom is 0.416 e. The molecule has 1 aromatic carbocycles. The quantitative estimate of drug-likeness (QED) is 0.870. The predicted octanol–water partition coefficient (Wildman–Crippen LogP) is 3.94. The molecule has 0 aliphatic carbocycles. The lowest BCUT2D eigenvalue weighted by atomic mass is 10.1. The maximum absolute atomic E-state index is 13.3. The van der Waals surface area contributed by atoms with Crippen LogP contribution in [0.15, 0.2) is 28.9 Å². The summed E-state index contributed by atoms with van der Waals surface area (Å²) in [6, 6.07) is 2.04. The molecule has 1 heterocycles. The highest BCUT2D eigenvalue weighted by molar-refractivity contribution is 5.55. The van der Waals surface area contributed by atoms with Crippen LogP contribution in [0.25, 0.3) is 11.5 Å². The molecule has 0 fully saturated rings. The zero-order valence-corrected chi connectivity index (χ0v) is 10.4. The van der Waals surface area contributed by atoms with E-state index in [0.29, 0.717) is 12.5 Å². The van der Waals surface area contributed by atoms with Crippen LogP contribution >= 0.6 is 0 Å². The first kappa shape index (κ1) is 14.5. The maximum atomic E-state index is 13.3. The number of rotatable bonds is 3. The van der Waals surface area contributed by atoms with Gasteiger partial charge in [0, 0.05) is 5.56 Å². The van der Waals surface area contributed by atoms with Crippen molar-refractivity contribution < 1.29 is 27.1 Å². The zero-order chi connectivity index (χ0) is 14.9. The highest BCUT2D eigenvalue weighted by Crippen LogP contribution is 2.33. The van der Waals surface area contributed by atoms with Crippen molar-refractivity contribution in [2.24, 2.45) is 0 Å². The summed E-state index contributed by atoms with van der Waals surface area (Å²) in [7, 11) is 0. The van der Waals surface area contributed by atoms with Crippen molar-refractivity contribution in [1.29, 1.82) is 0 Å². The van der Waals surface area contributed by atoms with E-state index in [1.807, 2.05) is 0 Å². The van der Waals surface area contributed by atoms with E-state index in [2.05, 4.69) is 4.98 Å². The van der Waals surface area contributed by atoms with E-state index in [1.54, 1.807) is 6.92 Å². The monoisotopic (exact) mass is 289 g/mol. The van der Waals surface area contributed by atoms with Crippen molar-refractivity contribution in [2.45, 2.75) is 25.6 Å². The Labute approximate surface area is 111 Å². The second-order valence-electron chi connectivity index (χ2n) is 4.23. The minimum absolute atomic E-state index is 0.133. The molecule has 1 aromatic heterocycles. The van der Waals surface area contributed by atoms with E-state index in [4.69, 9.17) is 4.42 Å². The van der Waals surface area contributed by atoms with E-state index in [9.17, 15) is 22.7 Å². The summed E-state index contributed by atoms with van der Waals surface area (Å²) < 4.78 is 56.0. The van der Waals surface area contributed by atoms with E-state index >= 15 is 0 Å². The fourth-order valence-electron chi connectivity index (χ4n) is 1.66. The van der Waals surface area contributed by atoms with Crippen LogP contribution in [0.3, 0.4) is 0 Å². The van der Waals surface area contributed by atoms with E-state index in [-0.39, 0.29) is 17.1 Å². The number of hydrogen-bond acceptors (Lipinski definition) is 3. The molecule has 0 aliphatic heterocycles. The summed E-state index contributed by atoms with van der Waals surface area (Å²) >= 11 is 0. The number of hydrogen-bond donors (Lipinski definition) is 1. The highest BCUT2D eigenvalue weighted by Gasteiger charge is 2.32. The van der Waals surface area contributed by atoms with Crippen LogP contribution in [-0.2, 0) is 6.18 Å². The summed E-state index contributed by atoms with van der Waals surface area (Å²) in [4.78, 5) is 3.86. The van der Waals surface area contributed by atoms with Gasteiger partial charge in [0.1, 0.15) is 17.8 Å². The van der Waals surface area contributed by atoms with Crippen molar-refractivity contribution in [3.05, 3.63) is 41.5 Å². The standard InChI is InChI=1S/C13H11F4NO2/c1-2-11(19)10-6-20-12(18-10)7-3-8(13(15,16)17)5-9(14)4-7/h3-6,11,19H,2H2,1H3. The second-order valence-corrected chi connectivity index (χ2v) is 4.23. The van der Waals surface area contributed by atoms with Gasteiger partial charge in [-0.25, -0.2) is 9.37 Å². The lowest BCUT2D eigenvalue weighted by Crippen LogP contribution is -2.05. The van der Waals surface area contributed by atoms with Gasteiger partial charge in [-0.05, 0) is 24.6 Å². The SMILES string of the molecule is CCC(O)c1coc(-c2cc(F)cc(C(F)(F)F)c2)n1. The van der Waals surface area contributed by atoms with Gasteiger partial charge in [0.25, 0.3) is 0 Å². The molecule has 0 amide bonds. The van der Waals surface area contributed by atoms with Crippen molar-refractivity contribution in [2.75, 3.05) is 0 Å². The molecule has 0 radical (unpaired) electrons. The molecule has 0 spiro atoms. The summed E-state index contributed by atoms with van der Waals surface area (Å²) in [5, 5.41) is 9.55. The van der Waals surface area contributed by atoms with Gasteiger partial charge in [-0.1, -0.05) is 6.92 Å². The first-order valence-corrected chi connectivity index (χ1v) is 5.83. The number of alkyl halides is 3. The summed E-state index contributed by atoms with van der Waals surface area (Å²) in [5.41, 5.74) is -1.06. The molecule has 7 heteroatoms. The fraction of sp³-hybridized carbons (Fsp3) is 0.308. The van der Waals surface area contributed by atoms with Crippen molar-refractivity contribution in [3.63, 3.8) is 0 Å². The Morgan fingerprint density at radius 3 is 2.60 bits per heavy atom. The van der Waals surface area contributed by atoms with Crippen molar-refractivity contribution in [1.82, 2.24) is 4.98 Å². The molecule has 1 unspecified atom stereocenters. The minimum atomic E-state index is -4.66. The molecule has 3 nitrogen and oxygen atoms in total. The third kappa shape index (κ3) is 2.98. The van der Waals surface area contributed by atoms with Crippen LogP contribution < -0.4 is 0 Å². The fourth-order valence-corrected chi connectivity index (χ4v) is 1.66. The van der Waals surface area contributed by atoms with Gasteiger partial charge < -0.3 is 9.52 Å². The summed E-state index contributed by atoms with van der Waals surface area (Å²) in [5.74, 6) is -1.21. The molecular weight excluding hydrogens is 278 g/mol. The van der Waals surface area contributed by atoms with Gasteiger partial charge in [-0.3, -0.25) is 0 Å². The minimum Gasteiger partial charge on any atom is -0.444 e. The third-order valence-electron chi connectivity index (χ3n) is 2.72. The van der Waals surface area contributed by atoms with E-state index in [1.165, 1.54) is 0 Å². The predicted molar refractivity (Wildman–Crippen MR) is 62.1 cm³/mol. The van der Waals surface area contributed by atoms with Crippen LogP contribution in [0.1, 0.15) is 30.7 Å². The molecule has 1 N–H and O–H groups in total. The molecule has 2 aromatic rings. The molecule has 0 saturated carbocycles. The number of halogens is 4. The molecule has 0 aliphatic rings. The van der Waals surface area contributed by atoms with Gasteiger partial charge in [0.2, 0.25) is 5.89 Å². The van der Waals surface area contributed by atoms with Crippen LogP contribution in [-0.4, -0.2) is 10.1 Å². The number of aliphatic hydroxyl groups is 1. The van der Waals surface area contributed by atoms with E-state index in [0.717, 1.165) is 18.4 Å². The Bertz CT molecular complexity index is 607.